The molecule has 11 heavy (non-hydrogen) atoms. The van der Waals surface area contributed by atoms with Gasteiger partial charge in [-0.05, 0) is 30.2 Å². The van der Waals surface area contributed by atoms with E-state index in [2.05, 4.69) is 20.9 Å². The predicted octanol–water partition coefficient (Wildman–Crippen LogP) is 3.62. The SMILES string of the molecule is CCC(CC)(CCCBr)OF. The lowest BCUT2D eigenvalue weighted by Crippen LogP contribution is -2.28. The van der Waals surface area contributed by atoms with Gasteiger partial charge in [0.25, 0.3) is 0 Å². The third-order valence-corrected chi connectivity index (χ3v) is 2.78. The molecule has 0 fully saturated rings. The van der Waals surface area contributed by atoms with Crippen molar-refractivity contribution in [2.45, 2.75) is 45.1 Å². The van der Waals surface area contributed by atoms with Crippen LogP contribution in [-0.2, 0) is 4.94 Å². The van der Waals surface area contributed by atoms with Gasteiger partial charge in [-0.3, -0.25) is 0 Å². The van der Waals surface area contributed by atoms with E-state index in [1.54, 1.807) is 0 Å². The quantitative estimate of drug-likeness (QED) is 0.629. The highest BCUT2D eigenvalue weighted by Crippen LogP contribution is 2.26. The number of hydrogen-bond acceptors (Lipinski definition) is 1. The Morgan fingerprint density at radius 1 is 1.36 bits per heavy atom. The van der Waals surface area contributed by atoms with Crippen LogP contribution in [0.15, 0.2) is 0 Å². The Bertz CT molecular complexity index is 85.8. The third-order valence-electron chi connectivity index (χ3n) is 2.22. The fraction of sp³-hybridized carbons (Fsp3) is 1.00. The van der Waals surface area contributed by atoms with Crippen LogP contribution < -0.4 is 0 Å². The van der Waals surface area contributed by atoms with Gasteiger partial charge in [-0.1, -0.05) is 29.8 Å². The molecule has 0 aliphatic rings. The second-order valence-electron chi connectivity index (χ2n) is 2.76. The average Bonchev–Trinajstić information content (AvgIpc) is 2.08. The molecule has 0 radical (unpaired) electrons. The lowest BCUT2D eigenvalue weighted by molar-refractivity contribution is -0.242. The van der Waals surface area contributed by atoms with Crippen molar-refractivity contribution in [1.82, 2.24) is 0 Å². The molecule has 0 spiro atoms. The fourth-order valence-electron chi connectivity index (χ4n) is 1.14. The topological polar surface area (TPSA) is 9.23 Å². The molecule has 0 unspecified atom stereocenters. The maximum Gasteiger partial charge on any atom is 0.108 e. The lowest BCUT2D eigenvalue weighted by Gasteiger charge is -2.25. The highest BCUT2D eigenvalue weighted by Gasteiger charge is 2.27. The van der Waals surface area contributed by atoms with Crippen LogP contribution in [0.4, 0.5) is 4.53 Å². The van der Waals surface area contributed by atoms with Crippen molar-refractivity contribution in [3.63, 3.8) is 0 Å². The molecule has 0 amide bonds. The van der Waals surface area contributed by atoms with Gasteiger partial charge in [-0.15, -0.1) is 0 Å². The maximum absolute atomic E-state index is 12.1. The normalized spacial score (nSPS) is 12.0. The van der Waals surface area contributed by atoms with Gasteiger partial charge in [-0.2, -0.15) is 4.94 Å². The molecular formula is C8H16BrFO. The number of rotatable bonds is 6. The molecule has 0 aliphatic heterocycles. The summed E-state index contributed by atoms with van der Waals surface area (Å²) in [6, 6.07) is 0. The van der Waals surface area contributed by atoms with Crippen molar-refractivity contribution in [1.29, 1.82) is 0 Å². The van der Waals surface area contributed by atoms with E-state index in [0.29, 0.717) is 0 Å². The van der Waals surface area contributed by atoms with Gasteiger partial charge in [0.05, 0.1) is 0 Å². The van der Waals surface area contributed by atoms with Crippen LogP contribution >= 0.6 is 15.9 Å². The number of alkyl halides is 1. The minimum atomic E-state index is -0.520. The van der Waals surface area contributed by atoms with Crippen LogP contribution in [0.1, 0.15) is 39.5 Å². The Hall–Kier alpha value is 0.370. The molecule has 0 bridgehead atoms. The second-order valence-corrected chi connectivity index (χ2v) is 3.55. The standard InChI is InChI=1S/C8H16BrFO/c1-3-8(4-2,11-10)6-5-7-9/h3-7H2,1-2H3. The van der Waals surface area contributed by atoms with E-state index in [1.807, 2.05) is 13.8 Å². The zero-order chi connectivity index (χ0) is 8.74. The van der Waals surface area contributed by atoms with Gasteiger partial charge in [0.1, 0.15) is 5.60 Å². The van der Waals surface area contributed by atoms with Crippen LogP contribution in [-0.4, -0.2) is 10.9 Å². The highest BCUT2D eigenvalue weighted by atomic mass is 79.9. The van der Waals surface area contributed by atoms with Crippen LogP contribution in [0.2, 0.25) is 0 Å². The first-order valence-corrected chi connectivity index (χ1v) is 5.22. The average molecular weight is 227 g/mol. The summed E-state index contributed by atoms with van der Waals surface area (Å²) in [6.45, 7) is 3.91. The summed E-state index contributed by atoms with van der Waals surface area (Å²) in [7, 11) is 0. The summed E-state index contributed by atoms with van der Waals surface area (Å²) in [5.74, 6) is 0. The summed E-state index contributed by atoms with van der Waals surface area (Å²) in [4.78, 5) is 4.02. The van der Waals surface area contributed by atoms with Gasteiger partial charge in [0, 0.05) is 5.33 Å². The number of hydrogen-bond donors (Lipinski definition) is 0. The minimum absolute atomic E-state index is 0.520. The third kappa shape index (κ3) is 3.52. The van der Waals surface area contributed by atoms with Crippen molar-refractivity contribution >= 4 is 15.9 Å². The molecular weight excluding hydrogens is 211 g/mol. The molecule has 0 atom stereocenters. The summed E-state index contributed by atoms with van der Waals surface area (Å²) < 4.78 is 12.1. The molecule has 3 heteroatoms. The fourth-order valence-corrected chi connectivity index (χ4v) is 1.42. The zero-order valence-electron chi connectivity index (χ0n) is 7.20. The van der Waals surface area contributed by atoms with E-state index in [9.17, 15) is 4.53 Å². The summed E-state index contributed by atoms with van der Waals surface area (Å²) in [5, 5.41) is 0.915. The Balaban J connectivity index is 3.84. The van der Waals surface area contributed by atoms with E-state index >= 15 is 0 Å². The number of halogens is 2. The van der Waals surface area contributed by atoms with E-state index in [0.717, 1.165) is 31.0 Å². The van der Waals surface area contributed by atoms with E-state index in [1.165, 1.54) is 0 Å². The monoisotopic (exact) mass is 226 g/mol. The van der Waals surface area contributed by atoms with Crippen LogP contribution in [0.5, 0.6) is 0 Å². The smallest absolute Gasteiger partial charge is 0.108 e. The van der Waals surface area contributed by atoms with Gasteiger partial charge in [-0.25, -0.2) is 0 Å². The molecule has 0 saturated carbocycles. The molecule has 0 aromatic heterocycles. The molecule has 0 N–H and O–H groups in total. The van der Waals surface area contributed by atoms with Gasteiger partial charge >= 0.3 is 0 Å². The summed E-state index contributed by atoms with van der Waals surface area (Å²) >= 11 is 3.31. The first-order valence-electron chi connectivity index (χ1n) is 4.10. The van der Waals surface area contributed by atoms with Gasteiger partial charge in [0.2, 0.25) is 0 Å². The van der Waals surface area contributed by atoms with Gasteiger partial charge < -0.3 is 0 Å². The van der Waals surface area contributed by atoms with Gasteiger partial charge in [0.15, 0.2) is 0 Å². The molecule has 0 rings (SSSR count). The molecule has 0 heterocycles. The van der Waals surface area contributed by atoms with E-state index < -0.39 is 5.60 Å². The van der Waals surface area contributed by atoms with Crippen molar-refractivity contribution in [3.8, 4) is 0 Å². The second kappa shape index (κ2) is 5.95. The summed E-state index contributed by atoms with van der Waals surface area (Å²) in [5.41, 5.74) is -0.520. The van der Waals surface area contributed by atoms with Crippen molar-refractivity contribution in [2.75, 3.05) is 5.33 Å². The van der Waals surface area contributed by atoms with Crippen molar-refractivity contribution in [2.24, 2.45) is 0 Å². The van der Waals surface area contributed by atoms with Crippen LogP contribution in [0, 0.1) is 0 Å². The summed E-state index contributed by atoms with van der Waals surface area (Å²) in [6.07, 6.45) is 3.24. The lowest BCUT2D eigenvalue weighted by atomic mass is 9.92. The molecule has 0 aromatic rings. The van der Waals surface area contributed by atoms with Crippen molar-refractivity contribution < 1.29 is 9.47 Å². The van der Waals surface area contributed by atoms with E-state index in [-0.39, 0.29) is 0 Å². The Morgan fingerprint density at radius 3 is 2.18 bits per heavy atom. The highest BCUT2D eigenvalue weighted by molar-refractivity contribution is 9.09. The predicted molar refractivity (Wildman–Crippen MR) is 48.5 cm³/mol. The molecule has 0 aliphatic carbocycles. The largest absolute Gasteiger partial charge is 0.188 e. The van der Waals surface area contributed by atoms with Crippen LogP contribution in [0.25, 0.3) is 0 Å². The first kappa shape index (κ1) is 11.4. The molecule has 68 valence electrons. The van der Waals surface area contributed by atoms with Crippen molar-refractivity contribution in [3.05, 3.63) is 0 Å². The maximum atomic E-state index is 12.1. The molecule has 1 nitrogen and oxygen atoms in total. The Labute approximate surface area is 76.3 Å². The first-order chi connectivity index (χ1) is 5.24. The zero-order valence-corrected chi connectivity index (χ0v) is 8.79. The Kier molecular flexibility index (Phi) is 6.15. The molecule has 0 saturated heterocycles. The Morgan fingerprint density at radius 2 is 1.91 bits per heavy atom. The van der Waals surface area contributed by atoms with Crippen LogP contribution in [0.3, 0.4) is 0 Å². The van der Waals surface area contributed by atoms with E-state index in [4.69, 9.17) is 0 Å². The minimum Gasteiger partial charge on any atom is -0.188 e. The molecule has 0 aromatic carbocycles.